The molecule has 0 saturated heterocycles. The molecular formula is C8H8N2O5. The first kappa shape index (κ1) is 10.8. The number of carboxylic acids is 1. The fraction of sp³-hybridized carbons (Fsp3) is 0.125. The van der Waals surface area contributed by atoms with Crippen molar-refractivity contribution in [3.05, 3.63) is 24.2 Å². The Morgan fingerprint density at radius 3 is 2.53 bits per heavy atom. The molecule has 7 nitrogen and oxygen atoms in total. The van der Waals surface area contributed by atoms with Crippen molar-refractivity contribution in [1.29, 1.82) is 0 Å². The normalized spacial score (nSPS) is 11.7. The number of hydrogen-bond acceptors (Lipinski definition) is 4. The molecule has 0 aliphatic heterocycles. The lowest BCUT2D eigenvalue weighted by Gasteiger charge is -2.09. The van der Waals surface area contributed by atoms with Crippen LogP contribution in [0.15, 0.2) is 22.8 Å². The SMILES string of the molecule is NC(=O)C(=O)NC(C(=O)O)c1ccco1. The van der Waals surface area contributed by atoms with Crippen LogP contribution in [0.4, 0.5) is 0 Å². The third-order valence-corrected chi connectivity index (χ3v) is 1.57. The van der Waals surface area contributed by atoms with Crippen LogP contribution in [0.2, 0.25) is 0 Å². The molecule has 15 heavy (non-hydrogen) atoms. The molecule has 0 spiro atoms. The Kier molecular flexibility index (Phi) is 3.06. The first-order valence-electron chi connectivity index (χ1n) is 3.89. The Labute approximate surface area is 83.9 Å². The molecule has 4 N–H and O–H groups in total. The summed E-state index contributed by atoms with van der Waals surface area (Å²) in [7, 11) is 0. The van der Waals surface area contributed by atoms with Gasteiger partial charge in [0.1, 0.15) is 5.76 Å². The number of carbonyl (C=O) groups excluding carboxylic acids is 2. The number of amides is 2. The summed E-state index contributed by atoms with van der Waals surface area (Å²) >= 11 is 0. The standard InChI is InChI=1S/C8H8N2O5/c9-6(11)7(12)10-5(8(13)14)4-2-1-3-15-4/h1-3,5H,(H2,9,11)(H,10,12)(H,13,14). The highest BCUT2D eigenvalue weighted by molar-refractivity contribution is 6.34. The highest BCUT2D eigenvalue weighted by atomic mass is 16.4. The fourth-order valence-corrected chi connectivity index (χ4v) is 0.912. The summed E-state index contributed by atoms with van der Waals surface area (Å²) in [6, 6.07) is 1.40. The molecule has 1 atom stereocenters. The number of carbonyl (C=O) groups is 3. The number of primary amides is 1. The van der Waals surface area contributed by atoms with Crippen molar-refractivity contribution in [1.82, 2.24) is 5.32 Å². The van der Waals surface area contributed by atoms with Crippen LogP contribution in [-0.4, -0.2) is 22.9 Å². The highest BCUT2D eigenvalue weighted by Gasteiger charge is 2.26. The van der Waals surface area contributed by atoms with Crippen molar-refractivity contribution in [3.8, 4) is 0 Å². The Morgan fingerprint density at radius 2 is 2.13 bits per heavy atom. The molecule has 1 aromatic rings. The molecule has 0 fully saturated rings. The second-order valence-electron chi connectivity index (χ2n) is 2.62. The zero-order valence-corrected chi connectivity index (χ0v) is 7.47. The van der Waals surface area contributed by atoms with Crippen LogP contribution >= 0.6 is 0 Å². The largest absolute Gasteiger partial charge is 0.479 e. The van der Waals surface area contributed by atoms with Gasteiger partial charge in [0.05, 0.1) is 6.26 Å². The zero-order valence-electron chi connectivity index (χ0n) is 7.47. The molecule has 0 aromatic carbocycles. The number of rotatable bonds is 3. The van der Waals surface area contributed by atoms with Gasteiger partial charge in [-0.1, -0.05) is 0 Å². The van der Waals surface area contributed by atoms with Crippen molar-refractivity contribution in [2.45, 2.75) is 6.04 Å². The third kappa shape index (κ3) is 2.56. The summed E-state index contributed by atoms with van der Waals surface area (Å²) in [4.78, 5) is 32.0. The molecule has 0 radical (unpaired) electrons. The lowest BCUT2D eigenvalue weighted by Crippen LogP contribution is -2.41. The summed E-state index contributed by atoms with van der Waals surface area (Å²) in [6.07, 6.45) is 1.25. The molecule has 2 amide bonds. The predicted octanol–water partition coefficient (Wildman–Crippen LogP) is -0.993. The second-order valence-corrected chi connectivity index (χ2v) is 2.62. The van der Waals surface area contributed by atoms with Gasteiger partial charge in [-0.15, -0.1) is 0 Å². The molecule has 1 heterocycles. The van der Waals surface area contributed by atoms with E-state index in [2.05, 4.69) is 5.73 Å². The van der Waals surface area contributed by atoms with Crippen LogP contribution in [0, 0.1) is 0 Å². The van der Waals surface area contributed by atoms with Gasteiger partial charge in [-0.2, -0.15) is 0 Å². The Balaban J connectivity index is 2.81. The number of furan rings is 1. The van der Waals surface area contributed by atoms with Crippen molar-refractivity contribution >= 4 is 17.8 Å². The summed E-state index contributed by atoms with van der Waals surface area (Å²) in [5.74, 6) is -3.77. The van der Waals surface area contributed by atoms with Gasteiger partial charge in [0.2, 0.25) is 0 Å². The van der Waals surface area contributed by atoms with Crippen molar-refractivity contribution in [2.24, 2.45) is 5.73 Å². The van der Waals surface area contributed by atoms with Crippen LogP contribution in [0.3, 0.4) is 0 Å². The van der Waals surface area contributed by atoms with Crippen LogP contribution in [0.5, 0.6) is 0 Å². The Hall–Kier alpha value is -2.31. The van der Waals surface area contributed by atoms with Crippen LogP contribution in [0.1, 0.15) is 11.8 Å². The van der Waals surface area contributed by atoms with E-state index in [-0.39, 0.29) is 5.76 Å². The molecule has 0 aliphatic carbocycles. The Bertz CT molecular complexity index is 384. The van der Waals surface area contributed by atoms with Gasteiger partial charge in [-0.3, -0.25) is 9.59 Å². The number of hydrogen-bond donors (Lipinski definition) is 3. The quantitative estimate of drug-likeness (QED) is 0.555. The van der Waals surface area contributed by atoms with E-state index in [0.29, 0.717) is 0 Å². The topological polar surface area (TPSA) is 123 Å². The van der Waals surface area contributed by atoms with E-state index in [9.17, 15) is 14.4 Å². The molecule has 0 bridgehead atoms. The molecule has 1 rings (SSSR count). The van der Waals surface area contributed by atoms with Crippen molar-refractivity contribution in [3.63, 3.8) is 0 Å². The number of carboxylic acid groups (broad SMARTS) is 1. The third-order valence-electron chi connectivity index (χ3n) is 1.57. The van der Waals surface area contributed by atoms with Gasteiger partial charge < -0.3 is 20.6 Å². The summed E-state index contributed by atoms with van der Waals surface area (Å²) in [5, 5.41) is 10.7. The molecule has 0 aliphatic rings. The molecule has 7 heteroatoms. The van der Waals surface area contributed by atoms with E-state index in [1.165, 1.54) is 18.4 Å². The van der Waals surface area contributed by atoms with E-state index in [4.69, 9.17) is 9.52 Å². The van der Waals surface area contributed by atoms with E-state index in [1.54, 1.807) is 0 Å². The van der Waals surface area contributed by atoms with Gasteiger partial charge in [-0.25, -0.2) is 4.79 Å². The van der Waals surface area contributed by atoms with Crippen LogP contribution < -0.4 is 11.1 Å². The van der Waals surface area contributed by atoms with Gasteiger partial charge in [0.15, 0.2) is 6.04 Å². The number of nitrogens with one attached hydrogen (secondary N) is 1. The summed E-state index contributed by atoms with van der Waals surface area (Å²) < 4.78 is 4.79. The predicted molar refractivity (Wildman–Crippen MR) is 46.4 cm³/mol. The van der Waals surface area contributed by atoms with E-state index in [0.717, 1.165) is 0 Å². The summed E-state index contributed by atoms with van der Waals surface area (Å²) in [6.45, 7) is 0. The van der Waals surface area contributed by atoms with Gasteiger partial charge in [0, 0.05) is 0 Å². The summed E-state index contributed by atoms with van der Waals surface area (Å²) in [5.41, 5.74) is 4.66. The lowest BCUT2D eigenvalue weighted by atomic mass is 10.2. The lowest BCUT2D eigenvalue weighted by molar-refractivity contribution is -0.144. The molecule has 1 aromatic heterocycles. The first-order chi connectivity index (χ1) is 7.02. The molecule has 0 saturated carbocycles. The second kappa shape index (κ2) is 4.27. The minimum absolute atomic E-state index is 0.0112. The molecule has 80 valence electrons. The van der Waals surface area contributed by atoms with E-state index < -0.39 is 23.8 Å². The van der Waals surface area contributed by atoms with Crippen LogP contribution in [-0.2, 0) is 14.4 Å². The van der Waals surface area contributed by atoms with E-state index in [1.807, 2.05) is 5.32 Å². The van der Waals surface area contributed by atoms with Crippen molar-refractivity contribution in [2.75, 3.05) is 0 Å². The monoisotopic (exact) mass is 212 g/mol. The maximum absolute atomic E-state index is 10.9. The van der Waals surface area contributed by atoms with E-state index >= 15 is 0 Å². The average Bonchev–Trinajstić information content (AvgIpc) is 2.65. The average molecular weight is 212 g/mol. The minimum atomic E-state index is -1.42. The van der Waals surface area contributed by atoms with Gasteiger partial charge >= 0.3 is 17.8 Å². The first-order valence-corrected chi connectivity index (χ1v) is 3.89. The fourth-order valence-electron chi connectivity index (χ4n) is 0.912. The number of aliphatic carboxylic acids is 1. The van der Waals surface area contributed by atoms with Gasteiger partial charge in [0.25, 0.3) is 0 Å². The maximum Gasteiger partial charge on any atom is 0.334 e. The maximum atomic E-state index is 10.9. The smallest absolute Gasteiger partial charge is 0.334 e. The number of nitrogens with two attached hydrogens (primary N) is 1. The Morgan fingerprint density at radius 1 is 1.47 bits per heavy atom. The zero-order chi connectivity index (χ0) is 11.4. The minimum Gasteiger partial charge on any atom is -0.479 e. The van der Waals surface area contributed by atoms with Crippen LogP contribution in [0.25, 0.3) is 0 Å². The highest BCUT2D eigenvalue weighted by Crippen LogP contribution is 2.13. The molecular weight excluding hydrogens is 204 g/mol. The van der Waals surface area contributed by atoms with Crippen molar-refractivity contribution < 1.29 is 23.9 Å². The molecule has 1 unspecified atom stereocenters. The van der Waals surface area contributed by atoms with Gasteiger partial charge in [-0.05, 0) is 12.1 Å².